The lowest BCUT2D eigenvalue weighted by atomic mass is 9.90. The van der Waals surface area contributed by atoms with Gasteiger partial charge < -0.3 is 60.8 Å². The Morgan fingerprint density at radius 1 is 1.00 bits per heavy atom. The number of aliphatic hydroxyl groups excluding tert-OH is 8. The Kier molecular flexibility index (Phi) is 7.47. The topological polar surface area (TPSA) is 262 Å². The average molecular weight is 429 g/mol. The lowest BCUT2D eigenvalue weighted by Gasteiger charge is -2.48. The molecule has 2 saturated heterocycles. The van der Waals surface area contributed by atoms with E-state index in [1.807, 2.05) is 0 Å². The Morgan fingerprint density at radius 3 is 2.14 bits per heavy atom. The molecule has 0 bridgehead atoms. The molecule has 0 radical (unpaired) electrons. The first kappa shape index (κ1) is 23.8. The van der Waals surface area contributed by atoms with Gasteiger partial charge in [0.1, 0.15) is 42.7 Å². The molecule has 10 atom stereocenters. The van der Waals surface area contributed by atoms with Gasteiger partial charge in [0.15, 0.2) is 12.6 Å². The largest absolute Gasteiger partial charge is 0.394 e. The Morgan fingerprint density at radius 2 is 1.62 bits per heavy atom. The number of carbonyl (C=O) groups is 2. The molecule has 168 valence electrons. The number of primary amides is 1. The van der Waals surface area contributed by atoms with Gasteiger partial charge in [-0.1, -0.05) is 0 Å². The molecule has 0 aromatic rings. The highest BCUT2D eigenvalue weighted by Gasteiger charge is 2.59. The van der Waals surface area contributed by atoms with Crippen LogP contribution in [0.2, 0.25) is 0 Å². The van der Waals surface area contributed by atoms with Crippen molar-refractivity contribution in [3.05, 3.63) is 0 Å². The molecule has 0 aliphatic carbocycles. The molecule has 2 aliphatic rings. The summed E-state index contributed by atoms with van der Waals surface area (Å²) in [7, 11) is 0. The summed E-state index contributed by atoms with van der Waals surface area (Å²) in [4.78, 5) is 23.2. The lowest BCUT2D eigenvalue weighted by molar-refractivity contribution is -0.368. The summed E-state index contributed by atoms with van der Waals surface area (Å²) >= 11 is 0. The molecule has 0 aromatic heterocycles. The quantitative estimate of drug-likeness (QED) is 0.182. The normalized spacial score (nSPS) is 45.6. The molecule has 15 heteroatoms. The van der Waals surface area contributed by atoms with E-state index >= 15 is 0 Å². The highest BCUT2D eigenvalue weighted by atomic mass is 16.7. The van der Waals surface area contributed by atoms with E-state index in [4.69, 9.17) is 19.9 Å². The second-order valence-electron chi connectivity index (χ2n) is 6.61. The third-order valence-electron chi connectivity index (χ3n) is 4.74. The highest BCUT2D eigenvalue weighted by molar-refractivity contribution is 5.98. The summed E-state index contributed by atoms with van der Waals surface area (Å²) in [5.41, 5.74) is 2.11. The van der Waals surface area contributed by atoms with Crippen LogP contribution in [-0.2, 0) is 19.0 Å². The molecule has 2 rings (SSSR count). The minimum Gasteiger partial charge on any atom is -0.394 e. The van der Waals surface area contributed by atoms with Gasteiger partial charge in [0.05, 0.1) is 13.2 Å². The minimum absolute atomic E-state index is 0.827. The van der Waals surface area contributed by atoms with Crippen molar-refractivity contribution in [1.29, 1.82) is 0 Å². The van der Waals surface area contributed by atoms with Crippen LogP contribution in [0.25, 0.3) is 0 Å². The Hall–Kier alpha value is -1.50. The number of imide groups is 1. The van der Waals surface area contributed by atoms with Gasteiger partial charge in [-0.2, -0.15) is 0 Å². The Balaban J connectivity index is 2.31. The number of ether oxygens (including phenoxy) is 3. The molecule has 3 amide bonds. The highest BCUT2D eigenvalue weighted by Crippen LogP contribution is 2.33. The van der Waals surface area contributed by atoms with Crippen molar-refractivity contribution < 1.29 is 64.7 Å². The van der Waals surface area contributed by atoms with Gasteiger partial charge in [0.2, 0.25) is 5.60 Å². The van der Waals surface area contributed by atoms with E-state index in [-0.39, 0.29) is 0 Å². The summed E-state index contributed by atoms with van der Waals surface area (Å²) < 4.78 is 15.3. The molecule has 2 aliphatic heterocycles. The second kappa shape index (κ2) is 9.11. The molecular weight excluding hydrogens is 405 g/mol. The monoisotopic (exact) mass is 429 g/mol. The number of urea groups is 1. The number of carbonyl (C=O) groups excluding carboxylic acids is 2. The van der Waals surface area contributed by atoms with Crippen molar-refractivity contribution >= 4 is 11.9 Å². The first-order valence-electron chi connectivity index (χ1n) is 8.40. The zero-order valence-corrected chi connectivity index (χ0v) is 14.8. The number of amides is 3. The van der Waals surface area contributed by atoms with Crippen molar-refractivity contribution in [3.8, 4) is 0 Å². The summed E-state index contributed by atoms with van der Waals surface area (Å²) in [5, 5.41) is 80.2. The Labute approximate surface area is 162 Å². The third kappa shape index (κ3) is 4.35. The maximum Gasteiger partial charge on any atom is 0.318 e. The van der Waals surface area contributed by atoms with Crippen LogP contribution in [0.4, 0.5) is 4.79 Å². The van der Waals surface area contributed by atoms with Crippen LogP contribution < -0.4 is 11.1 Å². The van der Waals surface area contributed by atoms with Gasteiger partial charge in [0.25, 0.3) is 5.91 Å². The van der Waals surface area contributed by atoms with E-state index in [2.05, 4.69) is 0 Å². The zero-order valence-electron chi connectivity index (χ0n) is 14.8. The molecule has 29 heavy (non-hydrogen) atoms. The molecule has 0 unspecified atom stereocenters. The van der Waals surface area contributed by atoms with Crippen LogP contribution in [0.1, 0.15) is 0 Å². The average Bonchev–Trinajstić information content (AvgIpc) is 2.67. The summed E-state index contributed by atoms with van der Waals surface area (Å²) in [5.74, 6) is -1.46. The van der Waals surface area contributed by atoms with Gasteiger partial charge in [-0.15, -0.1) is 0 Å². The maximum atomic E-state index is 12.2. The van der Waals surface area contributed by atoms with Crippen molar-refractivity contribution in [2.45, 2.75) is 60.9 Å². The van der Waals surface area contributed by atoms with Crippen LogP contribution in [0.5, 0.6) is 0 Å². The number of hydrogen-bond donors (Lipinski definition) is 10. The number of aliphatic hydroxyl groups is 8. The molecule has 0 spiro atoms. The minimum atomic E-state index is -2.72. The lowest BCUT2D eigenvalue weighted by Crippen LogP contribution is -2.72. The van der Waals surface area contributed by atoms with E-state index in [9.17, 15) is 50.4 Å². The van der Waals surface area contributed by atoms with Crippen LogP contribution in [0.15, 0.2) is 0 Å². The van der Waals surface area contributed by atoms with Crippen LogP contribution >= 0.6 is 0 Å². The molecule has 0 aromatic carbocycles. The van der Waals surface area contributed by atoms with Crippen LogP contribution in [-0.4, -0.2) is 127 Å². The first-order valence-corrected chi connectivity index (χ1v) is 8.40. The second-order valence-corrected chi connectivity index (χ2v) is 6.61. The fraction of sp³-hybridized carbons (Fsp3) is 0.857. The summed E-state index contributed by atoms with van der Waals surface area (Å²) in [6, 6.07) is -1.37. The molecule has 2 heterocycles. The number of nitrogens with two attached hydrogens (primary N) is 1. The molecular formula is C14H24N2O13. The van der Waals surface area contributed by atoms with Gasteiger partial charge in [0, 0.05) is 0 Å². The van der Waals surface area contributed by atoms with E-state index in [0.717, 1.165) is 0 Å². The predicted molar refractivity (Wildman–Crippen MR) is 85.3 cm³/mol. The fourth-order valence-corrected chi connectivity index (χ4v) is 3.08. The molecule has 15 nitrogen and oxygen atoms in total. The SMILES string of the molecule is NC(=O)NC(=O)[C@]1([13CH2]O)O[C@@H](O[C@H]2[C@H](O)[C@@H](O)[C@@H](O)O[C@@H]2CO)[C@H](O)[C@@H](O)[C@H]1O. The Bertz CT molecular complexity index is 606. The third-order valence-corrected chi connectivity index (χ3v) is 4.74. The number of rotatable bonds is 5. The van der Waals surface area contributed by atoms with Gasteiger partial charge in [-0.05, 0) is 0 Å². The fourth-order valence-electron chi connectivity index (χ4n) is 3.08. The smallest absolute Gasteiger partial charge is 0.318 e. The maximum absolute atomic E-state index is 12.2. The number of nitrogens with one attached hydrogen (secondary N) is 1. The van der Waals surface area contributed by atoms with Gasteiger partial charge >= 0.3 is 6.03 Å². The van der Waals surface area contributed by atoms with Crippen molar-refractivity contribution in [3.63, 3.8) is 0 Å². The van der Waals surface area contributed by atoms with E-state index in [1.54, 1.807) is 5.32 Å². The number of hydrogen-bond acceptors (Lipinski definition) is 13. The van der Waals surface area contributed by atoms with E-state index in [0.29, 0.717) is 0 Å². The summed E-state index contributed by atoms with van der Waals surface area (Å²) in [6.07, 6.45) is -17.2. The zero-order chi connectivity index (χ0) is 22.1. The van der Waals surface area contributed by atoms with Crippen LogP contribution in [0, 0.1) is 0 Å². The van der Waals surface area contributed by atoms with Crippen molar-refractivity contribution in [2.75, 3.05) is 13.2 Å². The van der Waals surface area contributed by atoms with E-state index in [1.165, 1.54) is 0 Å². The molecule has 11 N–H and O–H groups in total. The summed E-state index contributed by atoms with van der Waals surface area (Å²) in [6.45, 7) is -2.13. The first-order chi connectivity index (χ1) is 13.5. The van der Waals surface area contributed by atoms with Gasteiger partial charge in [-0.25, -0.2) is 4.79 Å². The predicted octanol–water partition coefficient (Wildman–Crippen LogP) is -6.83. The van der Waals surface area contributed by atoms with Crippen LogP contribution in [0.3, 0.4) is 0 Å². The molecule has 0 saturated carbocycles. The van der Waals surface area contributed by atoms with Gasteiger partial charge in [-0.3, -0.25) is 10.1 Å². The van der Waals surface area contributed by atoms with Crippen molar-refractivity contribution in [1.82, 2.24) is 5.32 Å². The van der Waals surface area contributed by atoms with Crippen molar-refractivity contribution in [2.24, 2.45) is 5.73 Å². The standard InChI is InChI=1S/C14H24N2O13/c15-13(26)16-12(25)14(2-18)9(23)5(20)7(22)11(29-14)28-8-3(1-17)27-10(24)6(21)4(8)19/h3-11,17-24H,1-2H2,(H3,15,16,25,26)/t3-,4-,5-,6-,7-,8-,9-,10+,11-,14-/m1/s1/i2+1. The molecule has 2 fully saturated rings. The van der Waals surface area contributed by atoms with E-state index < -0.39 is 86.1 Å².